The average molecular weight is 385 g/mol. The van der Waals surface area contributed by atoms with E-state index >= 15 is 0 Å². The molecule has 1 N–H and O–H groups in total. The van der Waals surface area contributed by atoms with E-state index in [9.17, 15) is 4.79 Å². The van der Waals surface area contributed by atoms with Crippen LogP contribution in [-0.2, 0) is 11.3 Å². The van der Waals surface area contributed by atoms with Crippen LogP contribution in [0.15, 0.2) is 78.9 Å². The molecule has 3 aromatic carbocycles. The molecule has 1 saturated heterocycles. The highest BCUT2D eigenvalue weighted by atomic mass is 16.5. The molecule has 0 radical (unpaired) electrons. The van der Waals surface area contributed by atoms with Gasteiger partial charge in [-0.3, -0.25) is 4.79 Å². The van der Waals surface area contributed by atoms with Gasteiger partial charge in [-0.15, -0.1) is 0 Å². The molecule has 1 fully saturated rings. The first kappa shape index (κ1) is 18.0. The van der Waals surface area contributed by atoms with Crippen molar-refractivity contribution in [2.75, 3.05) is 26.2 Å². The largest absolute Gasteiger partial charge is 0.457 e. The van der Waals surface area contributed by atoms with Crippen molar-refractivity contribution in [1.82, 2.24) is 4.90 Å². The minimum Gasteiger partial charge on any atom is -0.457 e. The van der Waals surface area contributed by atoms with Gasteiger partial charge >= 0.3 is 0 Å². The predicted octanol–water partition coefficient (Wildman–Crippen LogP) is 2.85. The SMILES string of the molecule is O=C(C1c2ccccc2Oc2ccccc21)N1CC[NH+](Cc2ccccc2)CC1. The Labute approximate surface area is 171 Å². The van der Waals surface area contributed by atoms with E-state index in [1.807, 2.05) is 53.4 Å². The third-order valence-electron chi connectivity index (χ3n) is 6.01. The number of quaternary nitrogens is 1. The van der Waals surface area contributed by atoms with Gasteiger partial charge in [0.15, 0.2) is 0 Å². The van der Waals surface area contributed by atoms with Crippen LogP contribution in [0.4, 0.5) is 0 Å². The fraction of sp³-hybridized carbons (Fsp3) is 0.240. The first-order valence-electron chi connectivity index (χ1n) is 10.3. The van der Waals surface area contributed by atoms with Crippen LogP contribution in [0.3, 0.4) is 0 Å². The molecule has 146 valence electrons. The fourth-order valence-electron chi connectivity index (χ4n) is 4.46. The molecule has 2 aliphatic rings. The van der Waals surface area contributed by atoms with Gasteiger partial charge in [-0.1, -0.05) is 66.7 Å². The van der Waals surface area contributed by atoms with Gasteiger partial charge in [0.25, 0.3) is 0 Å². The molecule has 5 rings (SSSR count). The maximum Gasteiger partial charge on any atom is 0.235 e. The Morgan fingerprint density at radius 1 is 0.828 bits per heavy atom. The van der Waals surface area contributed by atoms with Crippen LogP contribution in [0.25, 0.3) is 0 Å². The van der Waals surface area contributed by atoms with Crippen LogP contribution >= 0.6 is 0 Å². The van der Waals surface area contributed by atoms with E-state index in [2.05, 4.69) is 30.3 Å². The van der Waals surface area contributed by atoms with E-state index < -0.39 is 0 Å². The molecule has 4 heteroatoms. The second-order valence-corrected chi connectivity index (χ2v) is 7.85. The van der Waals surface area contributed by atoms with E-state index in [0.717, 1.165) is 55.3 Å². The maximum atomic E-state index is 13.6. The van der Waals surface area contributed by atoms with Gasteiger partial charge < -0.3 is 14.5 Å². The van der Waals surface area contributed by atoms with Crippen LogP contribution in [0.5, 0.6) is 11.5 Å². The number of benzene rings is 3. The second kappa shape index (κ2) is 7.72. The standard InChI is InChI=1S/C25H24N2O2/c28-25(27-16-14-26(15-17-27)18-19-8-2-1-3-9-19)24-20-10-4-6-12-22(20)29-23-13-7-5-11-21(23)24/h1-13,24H,14-18H2/p+1. The number of fused-ring (bicyclic) bond motifs is 2. The number of carbonyl (C=O) groups excluding carboxylic acids is 1. The molecule has 2 heterocycles. The van der Waals surface area contributed by atoms with E-state index in [-0.39, 0.29) is 11.8 Å². The molecule has 2 aliphatic heterocycles. The van der Waals surface area contributed by atoms with Gasteiger partial charge in [0.05, 0.1) is 32.1 Å². The molecule has 0 atom stereocenters. The van der Waals surface area contributed by atoms with Gasteiger partial charge in [0.2, 0.25) is 5.91 Å². The third-order valence-corrected chi connectivity index (χ3v) is 6.01. The lowest BCUT2D eigenvalue weighted by molar-refractivity contribution is -0.917. The first-order chi connectivity index (χ1) is 14.3. The topological polar surface area (TPSA) is 34.0 Å². The molecule has 0 saturated carbocycles. The number of piperazine rings is 1. The van der Waals surface area contributed by atoms with Gasteiger partial charge in [0.1, 0.15) is 18.0 Å². The summed E-state index contributed by atoms with van der Waals surface area (Å²) in [6.07, 6.45) is 0. The lowest BCUT2D eigenvalue weighted by Gasteiger charge is -2.36. The average Bonchev–Trinajstić information content (AvgIpc) is 2.78. The van der Waals surface area contributed by atoms with Crippen molar-refractivity contribution in [1.29, 1.82) is 0 Å². The maximum absolute atomic E-state index is 13.6. The number of ether oxygens (including phenoxy) is 1. The number of para-hydroxylation sites is 2. The summed E-state index contributed by atoms with van der Waals surface area (Å²) in [4.78, 5) is 17.2. The van der Waals surface area contributed by atoms with E-state index in [4.69, 9.17) is 4.74 Å². The summed E-state index contributed by atoms with van der Waals surface area (Å²) in [5.74, 6) is 1.48. The quantitative estimate of drug-likeness (QED) is 0.752. The minimum atomic E-state index is -0.285. The number of amides is 1. The lowest BCUT2D eigenvalue weighted by atomic mass is 9.86. The predicted molar refractivity (Wildman–Crippen MR) is 112 cm³/mol. The molecular formula is C25H25N2O2+. The number of carbonyl (C=O) groups is 1. The smallest absolute Gasteiger partial charge is 0.235 e. The van der Waals surface area contributed by atoms with Gasteiger partial charge in [-0.05, 0) is 12.1 Å². The van der Waals surface area contributed by atoms with Gasteiger partial charge in [-0.2, -0.15) is 0 Å². The summed E-state index contributed by atoms with van der Waals surface area (Å²) in [7, 11) is 0. The number of rotatable bonds is 3. The zero-order chi connectivity index (χ0) is 19.6. The molecule has 4 nitrogen and oxygen atoms in total. The Kier molecular flexibility index (Phi) is 4.78. The van der Waals surface area contributed by atoms with Crippen molar-refractivity contribution >= 4 is 5.91 Å². The summed E-state index contributed by atoms with van der Waals surface area (Å²) in [6, 6.07) is 26.4. The van der Waals surface area contributed by atoms with Gasteiger partial charge in [0, 0.05) is 16.7 Å². The van der Waals surface area contributed by atoms with Crippen molar-refractivity contribution in [3.63, 3.8) is 0 Å². The second-order valence-electron chi connectivity index (χ2n) is 7.85. The molecule has 0 unspecified atom stereocenters. The van der Waals surface area contributed by atoms with Crippen molar-refractivity contribution < 1.29 is 14.4 Å². The fourth-order valence-corrected chi connectivity index (χ4v) is 4.46. The zero-order valence-electron chi connectivity index (χ0n) is 16.4. The Balaban J connectivity index is 1.34. The summed E-state index contributed by atoms with van der Waals surface area (Å²) in [5, 5.41) is 0. The van der Waals surface area contributed by atoms with Gasteiger partial charge in [-0.25, -0.2) is 0 Å². The Bertz CT molecular complexity index is 965. The number of nitrogens with one attached hydrogen (secondary N) is 1. The van der Waals surface area contributed by atoms with Crippen LogP contribution in [0.1, 0.15) is 22.6 Å². The number of hydrogen-bond acceptors (Lipinski definition) is 2. The van der Waals surface area contributed by atoms with Crippen LogP contribution in [-0.4, -0.2) is 37.0 Å². The molecular weight excluding hydrogens is 360 g/mol. The number of nitrogens with zero attached hydrogens (tertiary/aromatic N) is 1. The van der Waals surface area contributed by atoms with Crippen molar-refractivity contribution in [3.05, 3.63) is 95.6 Å². The molecule has 0 bridgehead atoms. The zero-order valence-corrected chi connectivity index (χ0v) is 16.4. The summed E-state index contributed by atoms with van der Waals surface area (Å²) in [5.41, 5.74) is 3.29. The van der Waals surface area contributed by atoms with Crippen LogP contribution < -0.4 is 9.64 Å². The summed E-state index contributed by atoms with van der Waals surface area (Å²) in [6.45, 7) is 4.57. The molecule has 3 aromatic rings. The summed E-state index contributed by atoms with van der Waals surface area (Å²) >= 11 is 0. The van der Waals surface area contributed by atoms with E-state index in [1.165, 1.54) is 10.5 Å². The van der Waals surface area contributed by atoms with Crippen molar-refractivity contribution in [3.8, 4) is 11.5 Å². The number of hydrogen-bond donors (Lipinski definition) is 1. The highest BCUT2D eigenvalue weighted by Crippen LogP contribution is 2.44. The summed E-state index contributed by atoms with van der Waals surface area (Å²) < 4.78 is 6.05. The Morgan fingerprint density at radius 3 is 2.00 bits per heavy atom. The normalized spacial score (nSPS) is 16.6. The monoisotopic (exact) mass is 385 g/mol. The molecule has 1 amide bonds. The van der Waals surface area contributed by atoms with Crippen molar-refractivity contribution in [2.45, 2.75) is 12.5 Å². The Morgan fingerprint density at radius 2 is 1.38 bits per heavy atom. The van der Waals surface area contributed by atoms with E-state index in [1.54, 1.807) is 0 Å². The minimum absolute atomic E-state index is 0.187. The highest BCUT2D eigenvalue weighted by Gasteiger charge is 2.36. The molecule has 0 spiro atoms. The molecule has 0 aliphatic carbocycles. The molecule has 29 heavy (non-hydrogen) atoms. The first-order valence-corrected chi connectivity index (χ1v) is 10.3. The highest BCUT2D eigenvalue weighted by molar-refractivity contribution is 5.89. The Hall–Kier alpha value is -3.11. The lowest BCUT2D eigenvalue weighted by Crippen LogP contribution is -3.13. The van der Waals surface area contributed by atoms with Crippen LogP contribution in [0, 0.1) is 0 Å². The third kappa shape index (κ3) is 3.52. The van der Waals surface area contributed by atoms with E-state index in [0.29, 0.717) is 0 Å². The molecule has 0 aromatic heterocycles. The van der Waals surface area contributed by atoms with Crippen molar-refractivity contribution in [2.24, 2.45) is 0 Å². The van der Waals surface area contributed by atoms with Crippen LogP contribution in [0.2, 0.25) is 0 Å².